The van der Waals surface area contributed by atoms with Crippen molar-refractivity contribution in [2.24, 2.45) is 0 Å². The van der Waals surface area contributed by atoms with E-state index in [9.17, 15) is 18.0 Å². The molecule has 1 N–H and O–H groups in total. The second-order valence-corrected chi connectivity index (χ2v) is 15.3. The van der Waals surface area contributed by atoms with Crippen LogP contribution in [0.15, 0.2) is 106 Å². The van der Waals surface area contributed by atoms with E-state index in [0.717, 1.165) is 58.0 Å². The number of sulfonamides is 1. The monoisotopic (exact) mass is 715 g/mol. The Morgan fingerprint density at radius 2 is 1.45 bits per heavy atom. The first-order valence-electron chi connectivity index (χ1n) is 16.1. The van der Waals surface area contributed by atoms with E-state index in [1.807, 2.05) is 81.4 Å². The number of nitrogens with zero attached hydrogens (tertiary/aromatic N) is 2. The van der Waals surface area contributed by atoms with Crippen molar-refractivity contribution in [3.8, 4) is 0 Å². The number of aryl methyl sites for hydroxylation is 3. The quantitative estimate of drug-likeness (QED) is 0.167. The average molecular weight is 717 g/mol. The maximum atomic E-state index is 14.7. The summed E-state index contributed by atoms with van der Waals surface area (Å²) in [6.07, 6.45) is 4.19. The summed E-state index contributed by atoms with van der Waals surface area (Å²) < 4.78 is 30.7. The fourth-order valence-corrected chi connectivity index (χ4v) is 8.06. The molecule has 0 spiro atoms. The molecule has 5 rings (SSSR count). The summed E-state index contributed by atoms with van der Waals surface area (Å²) in [6.45, 7) is 5.34. The summed E-state index contributed by atoms with van der Waals surface area (Å²) in [5.74, 6) is -0.703. The molecule has 4 aromatic rings. The van der Waals surface area contributed by atoms with Crippen LogP contribution in [0.25, 0.3) is 0 Å². The van der Waals surface area contributed by atoms with Crippen LogP contribution in [0.5, 0.6) is 0 Å². The summed E-state index contributed by atoms with van der Waals surface area (Å²) in [4.78, 5) is 30.5. The third-order valence-corrected chi connectivity index (χ3v) is 10.9. The zero-order chi connectivity index (χ0) is 33.6. The molecule has 246 valence electrons. The van der Waals surface area contributed by atoms with Gasteiger partial charge in [0.05, 0.1) is 10.6 Å². The molecule has 1 saturated carbocycles. The fraction of sp³-hybridized carbons (Fsp3) is 0.316. The number of carbonyl (C=O) groups excluding carboxylic acids is 2. The van der Waals surface area contributed by atoms with E-state index in [4.69, 9.17) is 0 Å². The number of rotatable bonds is 12. The van der Waals surface area contributed by atoms with Gasteiger partial charge in [0.1, 0.15) is 12.6 Å². The summed E-state index contributed by atoms with van der Waals surface area (Å²) in [6, 6.07) is 28.6. The molecule has 0 aliphatic heterocycles. The predicted molar refractivity (Wildman–Crippen MR) is 191 cm³/mol. The van der Waals surface area contributed by atoms with Crippen molar-refractivity contribution in [1.82, 2.24) is 10.2 Å². The van der Waals surface area contributed by atoms with Crippen molar-refractivity contribution in [2.75, 3.05) is 10.8 Å². The van der Waals surface area contributed by atoms with Gasteiger partial charge in [0.2, 0.25) is 11.8 Å². The first-order valence-corrected chi connectivity index (χ1v) is 18.3. The van der Waals surface area contributed by atoms with Crippen LogP contribution >= 0.6 is 15.9 Å². The second kappa shape index (κ2) is 15.3. The molecule has 0 unspecified atom stereocenters. The molecule has 2 amide bonds. The van der Waals surface area contributed by atoms with Crippen LogP contribution in [0.1, 0.15) is 53.5 Å². The van der Waals surface area contributed by atoms with Crippen molar-refractivity contribution in [1.29, 1.82) is 0 Å². The van der Waals surface area contributed by atoms with Gasteiger partial charge in [-0.05, 0) is 92.3 Å². The predicted octanol–water partition coefficient (Wildman–Crippen LogP) is 7.27. The van der Waals surface area contributed by atoms with E-state index >= 15 is 0 Å². The van der Waals surface area contributed by atoms with Crippen molar-refractivity contribution >= 4 is 43.5 Å². The molecule has 0 radical (unpaired) electrons. The van der Waals surface area contributed by atoms with Gasteiger partial charge in [0.25, 0.3) is 10.0 Å². The van der Waals surface area contributed by atoms with E-state index in [0.29, 0.717) is 5.69 Å². The molecule has 1 fully saturated rings. The SMILES string of the molecule is Cc1ccc(S(=O)(=O)N(CC(=O)N(Cc2cccc(Br)c2)[C@@H](Cc2ccccc2)C(=O)NC2CCCC2)c2cc(C)cc(C)c2)cc1. The van der Waals surface area contributed by atoms with Crippen molar-refractivity contribution in [3.05, 3.63) is 129 Å². The van der Waals surface area contributed by atoms with Gasteiger partial charge in [-0.2, -0.15) is 0 Å². The fourth-order valence-electron chi connectivity index (χ4n) is 6.21. The summed E-state index contributed by atoms with van der Waals surface area (Å²) in [5.41, 5.74) is 4.80. The van der Waals surface area contributed by atoms with Gasteiger partial charge in [0, 0.05) is 23.5 Å². The first-order chi connectivity index (χ1) is 22.5. The number of halogens is 1. The molecule has 0 aromatic heterocycles. The molecule has 1 aliphatic rings. The molecule has 47 heavy (non-hydrogen) atoms. The van der Waals surface area contributed by atoms with Crippen LogP contribution in [0.3, 0.4) is 0 Å². The van der Waals surface area contributed by atoms with Crippen LogP contribution in [-0.2, 0) is 32.6 Å². The van der Waals surface area contributed by atoms with E-state index in [2.05, 4.69) is 21.2 Å². The summed E-state index contributed by atoms with van der Waals surface area (Å²) in [7, 11) is -4.16. The molecular formula is C38H42BrN3O4S. The lowest BCUT2D eigenvalue weighted by Gasteiger charge is -2.34. The molecule has 0 saturated heterocycles. The highest BCUT2D eigenvalue weighted by Gasteiger charge is 2.35. The van der Waals surface area contributed by atoms with E-state index in [-0.39, 0.29) is 29.8 Å². The molecule has 4 aromatic carbocycles. The molecule has 1 aliphatic carbocycles. The van der Waals surface area contributed by atoms with Crippen LogP contribution in [0.4, 0.5) is 5.69 Å². The largest absolute Gasteiger partial charge is 0.352 e. The minimum absolute atomic E-state index is 0.0530. The van der Waals surface area contributed by atoms with Crippen LogP contribution < -0.4 is 9.62 Å². The lowest BCUT2D eigenvalue weighted by molar-refractivity contribution is -0.140. The minimum atomic E-state index is -4.16. The van der Waals surface area contributed by atoms with E-state index in [1.54, 1.807) is 41.3 Å². The van der Waals surface area contributed by atoms with Gasteiger partial charge in [-0.3, -0.25) is 13.9 Å². The molecule has 1 atom stereocenters. The van der Waals surface area contributed by atoms with Gasteiger partial charge in [-0.25, -0.2) is 8.42 Å². The van der Waals surface area contributed by atoms with Gasteiger partial charge in [0.15, 0.2) is 0 Å². The molecule has 0 bridgehead atoms. The van der Waals surface area contributed by atoms with Crippen molar-refractivity contribution in [2.45, 2.75) is 76.4 Å². The Morgan fingerprint density at radius 3 is 2.09 bits per heavy atom. The van der Waals surface area contributed by atoms with Crippen LogP contribution in [0.2, 0.25) is 0 Å². The number of hydrogen-bond donors (Lipinski definition) is 1. The Morgan fingerprint density at radius 1 is 0.809 bits per heavy atom. The molecule has 9 heteroatoms. The third-order valence-electron chi connectivity index (χ3n) is 8.60. The lowest BCUT2D eigenvalue weighted by Crippen LogP contribution is -2.54. The maximum absolute atomic E-state index is 14.7. The third kappa shape index (κ3) is 8.90. The summed E-state index contributed by atoms with van der Waals surface area (Å²) in [5, 5.41) is 3.22. The van der Waals surface area contributed by atoms with Gasteiger partial charge < -0.3 is 10.2 Å². The molecule has 7 nitrogen and oxygen atoms in total. The first kappa shape index (κ1) is 34.4. The zero-order valence-electron chi connectivity index (χ0n) is 27.2. The highest BCUT2D eigenvalue weighted by atomic mass is 79.9. The van der Waals surface area contributed by atoms with Gasteiger partial charge in [-0.1, -0.05) is 95.0 Å². The smallest absolute Gasteiger partial charge is 0.264 e. The number of benzene rings is 4. The van der Waals surface area contributed by atoms with E-state index < -0.39 is 28.5 Å². The number of nitrogens with one attached hydrogen (secondary N) is 1. The van der Waals surface area contributed by atoms with Crippen molar-refractivity contribution in [3.63, 3.8) is 0 Å². The minimum Gasteiger partial charge on any atom is -0.352 e. The Balaban J connectivity index is 1.58. The lowest BCUT2D eigenvalue weighted by atomic mass is 10.0. The highest BCUT2D eigenvalue weighted by molar-refractivity contribution is 9.10. The average Bonchev–Trinajstić information content (AvgIpc) is 3.54. The second-order valence-electron chi connectivity index (χ2n) is 12.5. The van der Waals surface area contributed by atoms with Gasteiger partial charge in [-0.15, -0.1) is 0 Å². The topological polar surface area (TPSA) is 86.8 Å². The zero-order valence-corrected chi connectivity index (χ0v) is 29.6. The van der Waals surface area contributed by atoms with Crippen LogP contribution in [0, 0.1) is 20.8 Å². The molecular weight excluding hydrogens is 674 g/mol. The Hall–Kier alpha value is -3.95. The highest BCUT2D eigenvalue weighted by Crippen LogP contribution is 2.28. The number of amides is 2. The van der Waals surface area contributed by atoms with Gasteiger partial charge >= 0.3 is 0 Å². The van der Waals surface area contributed by atoms with Crippen LogP contribution in [-0.4, -0.2) is 43.8 Å². The Bertz CT molecular complexity index is 1790. The molecule has 0 heterocycles. The van der Waals surface area contributed by atoms with Crippen molar-refractivity contribution < 1.29 is 18.0 Å². The maximum Gasteiger partial charge on any atom is 0.264 e. The Labute approximate surface area is 287 Å². The van der Waals surface area contributed by atoms with E-state index in [1.165, 1.54) is 4.31 Å². The normalized spacial score (nSPS) is 14.0. The standard InChI is InChI=1S/C38H42BrN3O4S/c1-27-16-18-35(19-17-27)47(45,46)42(34-21-28(2)20-29(3)22-34)26-37(43)41(25-31-12-9-13-32(39)23-31)36(24-30-10-5-4-6-11-30)38(44)40-33-14-7-8-15-33/h4-6,9-13,16-23,33,36H,7-8,14-15,24-26H2,1-3H3,(H,40,44)/t36-/m0/s1. The number of anilines is 1. The number of hydrogen-bond acceptors (Lipinski definition) is 4. The summed E-state index contributed by atoms with van der Waals surface area (Å²) >= 11 is 3.54. The number of carbonyl (C=O) groups is 2. The Kier molecular flexibility index (Phi) is 11.2.